The summed E-state index contributed by atoms with van der Waals surface area (Å²) in [6.45, 7) is 2.46. The molecule has 0 aliphatic heterocycles. The summed E-state index contributed by atoms with van der Waals surface area (Å²) in [6.07, 6.45) is 3.42. The van der Waals surface area contributed by atoms with E-state index < -0.39 is 15.4 Å². The molecule has 1 aromatic carbocycles. The second-order valence-corrected chi connectivity index (χ2v) is 6.72. The summed E-state index contributed by atoms with van der Waals surface area (Å²) in [4.78, 5) is 0. The summed E-state index contributed by atoms with van der Waals surface area (Å²) >= 11 is 0. The Morgan fingerprint density at radius 3 is 2.18 bits per heavy atom. The molecule has 8 heteroatoms. The van der Waals surface area contributed by atoms with E-state index in [-0.39, 0.29) is 0 Å². The van der Waals surface area contributed by atoms with Gasteiger partial charge in [0.15, 0.2) is 0 Å². The Balaban J connectivity index is 0.000000231. The summed E-state index contributed by atoms with van der Waals surface area (Å²) in [6, 6.07) is 7.70. The van der Waals surface area contributed by atoms with E-state index in [4.69, 9.17) is 10.3 Å². The van der Waals surface area contributed by atoms with Crippen LogP contribution in [0.25, 0.3) is 11.0 Å². The Bertz CT molecular complexity index is 604. The molecule has 0 radical (unpaired) electrons. The minimum Gasteiger partial charge on any atom is -0.330 e. The number of hydrogen-bond donors (Lipinski definition) is 3. The lowest BCUT2D eigenvalue weighted by Crippen LogP contribution is -2.21. The number of hydrogen-bond acceptors (Lipinski definition) is 5. The number of rotatable bonds is 7. The van der Waals surface area contributed by atoms with Gasteiger partial charge in [-0.2, -0.15) is 23.8 Å². The van der Waals surface area contributed by atoms with Crippen LogP contribution in [0.1, 0.15) is 39.0 Å². The first-order chi connectivity index (χ1) is 10.5. The van der Waals surface area contributed by atoms with Gasteiger partial charge >= 0.3 is 0 Å². The van der Waals surface area contributed by atoms with Gasteiger partial charge in [-0.05, 0) is 37.9 Å². The van der Waals surface area contributed by atoms with Crippen molar-refractivity contribution in [3.8, 4) is 0 Å². The van der Waals surface area contributed by atoms with Crippen LogP contribution in [0, 0.1) is 0 Å². The van der Waals surface area contributed by atoms with Crippen LogP contribution in [-0.2, 0) is 10.1 Å². The summed E-state index contributed by atoms with van der Waals surface area (Å²) in [5.74, 6) is 0. The molecule has 1 atom stereocenters. The lowest BCUT2D eigenvalue weighted by molar-refractivity contribution is 0.450. The van der Waals surface area contributed by atoms with E-state index in [1.807, 2.05) is 31.2 Å². The Labute approximate surface area is 131 Å². The van der Waals surface area contributed by atoms with E-state index in [1.54, 1.807) is 0 Å². The number of aromatic nitrogens is 3. The molecule has 124 valence electrons. The second kappa shape index (κ2) is 9.50. The fourth-order valence-corrected chi connectivity index (χ4v) is 2.93. The maximum atomic E-state index is 10.9. The van der Waals surface area contributed by atoms with Crippen molar-refractivity contribution in [1.29, 1.82) is 0 Å². The third kappa shape index (κ3) is 6.50. The molecule has 0 aliphatic rings. The largest absolute Gasteiger partial charge is 0.330 e. The molecular formula is C14H24N4O3S. The van der Waals surface area contributed by atoms with Gasteiger partial charge in [0.25, 0.3) is 10.1 Å². The van der Waals surface area contributed by atoms with Gasteiger partial charge in [0, 0.05) is 0 Å². The Hall–Kier alpha value is -1.51. The molecule has 0 saturated heterocycles. The molecule has 1 heterocycles. The molecule has 7 nitrogen and oxygen atoms in total. The van der Waals surface area contributed by atoms with E-state index >= 15 is 0 Å². The highest BCUT2D eigenvalue weighted by Crippen LogP contribution is 2.14. The Morgan fingerprint density at radius 2 is 1.73 bits per heavy atom. The molecular weight excluding hydrogens is 304 g/mol. The van der Waals surface area contributed by atoms with Gasteiger partial charge < -0.3 is 5.73 Å². The topological polar surface area (TPSA) is 122 Å². The first kappa shape index (κ1) is 18.5. The van der Waals surface area contributed by atoms with Crippen molar-refractivity contribution >= 4 is 21.2 Å². The number of nitrogens with zero attached hydrogens (tertiary/aromatic N) is 2. The number of benzene rings is 1. The third-order valence-corrected chi connectivity index (χ3v) is 4.57. The number of nitrogens with one attached hydrogen (secondary N) is 1. The standard InChI is InChI=1S/C8H19NO3S.C6H5N3/c1-2-3-5-8(6-4-7-9)13(10,11)12;1-2-4-6-5(3-1)7-9-8-6/h8H,2-7,9H2,1H3,(H,10,11,12);1-4H,(H,7,8,9). The Kier molecular flexibility index (Phi) is 8.00. The molecule has 0 saturated carbocycles. The Morgan fingerprint density at radius 1 is 1.18 bits per heavy atom. The fraction of sp³-hybridized carbons (Fsp3) is 0.571. The maximum absolute atomic E-state index is 10.9. The average Bonchev–Trinajstić information content (AvgIpc) is 2.95. The minimum absolute atomic E-state index is 0.468. The van der Waals surface area contributed by atoms with Gasteiger partial charge in [-0.3, -0.25) is 4.55 Å². The quantitative estimate of drug-likeness (QED) is 0.669. The molecule has 0 spiro atoms. The smallest absolute Gasteiger partial charge is 0.267 e. The van der Waals surface area contributed by atoms with E-state index in [9.17, 15) is 8.42 Å². The third-order valence-electron chi connectivity index (χ3n) is 3.25. The summed E-state index contributed by atoms with van der Waals surface area (Å²) in [7, 11) is -3.86. The van der Waals surface area contributed by atoms with Crippen molar-refractivity contribution in [2.45, 2.75) is 44.3 Å². The normalized spacial score (nSPS) is 12.7. The summed E-state index contributed by atoms with van der Waals surface area (Å²) in [5, 5.41) is 9.69. The van der Waals surface area contributed by atoms with Crippen LogP contribution in [0.5, 0.6) is 0 Å². The first-order valence-corrected chi connectivity index (χ1v) is 8.91. The highest BCUT2D eigenvalue weighted by molar-refractivity contribution is 7.86. The van der Waals surface area contributed by atoms with E-state index in [1.165, 1.54) is 0 Å². The van der Waals surface area contributed by atoms with Crippen molar-refractivity contribution < 1.29 is 13.0 Å². The number of fused-ring (bicyclic) bond motifs is 1. The van der Waals surface area contributed by atoms with Crippen molar-refractivity contribution in [3.05, 3.63) is 24.3 Å². The second-order valence-electron chi connectivity index (χ2n) is 5.02. The predicted octanol–water partition coefficient (Wildman–Crippen LogP) is 2.13. The molecule has 1 aromatic heterocycles. The van der Waals surface area contributed by atoms with E-state index in [2.05, 4.69) is 15.4 Å². The van der Waals surface area contributed by atoms with Crippen LogP contribution in [-0.4, -0.2) is 40.2 Å². The van der Waals surface area contributed by atoms with Gasteiger partial charge in [0.1, 0.15) is 11.0 Å². The van der Waals surface area contributed by atoms with Crippen LogP contribution in [0.3, 0.4) is 0 Å². The zero-order valence-electron chi connectivity index (χ0n) is 12.8. The molecule has 2 aromatic rings. The molecule has 2 rings (SSSR count). The van der Waals surface area contributed by atoms with Gasteiger partial charge in [0.2, 0.25) is 0 Å². The number of para-hydroxylation sites is 2. The van der Waals surface area contributed by atoms with Crippen molar-refractivity contribution in [2.75, 3.05) is 6.54 Å². The van der Waals surface area contributed by atoms with Gasteiger partial charge in [0.05, 0.1) is 5.25 Å². The molecule has 0 aliphatic carbocycles. The summed E-state index contributed by atoms with van der Waals surface area (Å²) in [5.41, 5.74) is 7.10. The minimum atomic E-state index is -3.86. The SMILES string of the molecule is CCCCC(CCCN)S(=O)(=O)O.c1ccc2n[nH]nc2c1. The molecule has 0 amide bonds. The van der Waals surface area contributed by atoms with Gasteiger partial charge in [-0.25, -0.2) is 0 Å². The van der Waals surface area contributed by atoms with Crippen LogP contribution < -0.4 is 5.73 Å². The number of H-pyrrole nitrogens is 1. The molecule has 0 fully saturated rings. The molecule has 4 N–H and O–H groups in total. The zero-order chi connectivity index (χ0) is 16.4. The number of unbranched alkanes of at least 4 members (excludes halogenated alkanes) is 1. The van der Waals surface area contributed by atoms with Gasteiger partial charge in [-0.15, -0.1) is 0 Å². The zero-order valence-corrected chi connectivity index (χ0v) is 13.6. The van der Waals surface area contributed by atoms with E-state index in [0.29, 0.717) is 25.8 Å². The molecule has 0 bridgehead atoms. The molecule has 1 unspecified atom stereocenters. The van der Waals surface area contributed by atoms with Crippen LogP contribution in [0.2, 0.25) is 0 Å². The van der Waals surface area contributed by atoms with Gasteiger partial charge in [-0.1, -0.05) is 31.9 Å². The van der Waals surface area contributed by atoms with Crippen molar-refractivity contribution in [1.82, 2.24) is 15.4 Å². The van der Waals surface area contributed by atoms with Crippen LogP contribution >= 0.6 is 0 Å². The maximum Gasteiger partial charge on any atom is 0.267 e. The first-order valence-electron chi connectivity index (χ1n) is 7.41. The fourth-order valence-electron chi connectivity index (χ4n) is 2.01. The number of nitrogens with two attached hydrogens (primary N) is 1. The van der Waals surface area contributed by atoms with Crippen LogP contribution in [0.15, 0.2) is 24.3 Å². The lowest BCUT2D eigenvalue weighted by atomic mass is 10.1. The van der Waals surface area contributed by atoms with E-state index in [0.717, 1.165) is 23.9 Å². The average molecular weight is 328 g/mol. The predicted molar refractivity (Wildman–Crippen MR) is 87.0 cm³/mol. The highest BCUT2D eigenvalue weighted by Gasteiger charge is 2.21. The number of aromatic amines is 1. The molecule has 22 heavy (non-hydrogen) atoms. The van der Waals surface area contributed by atoms with Crippen molar-refractivity contribution in [3.63, 3.8) is 0 Å². The monoisotopic (exact) mass is 328 g/mol. The summed E-state index contributed by atoms with van der Waals surface area (Å²) < 4.78 is 30.6. The highest BCUT2D eigenvalue weighted by atomic mass is 32.2. The van der Waals surface area contributed by atoms with Crippen LogP contribution in [0.4, 0.5) is 0 Å². The van der Waals surface area contributed by atoms with Crippen molar-refractivity contribution in [2.24, 2.45) is 5.73 Å². The lowest BCUT2D eigenvalue weighted by Gasteiger charge is -2.12.